The van der Waals surface area contributed by atoms with Gasteiger partial charge in [0.2, 0.25) is 0 Å². The number of hydrogen-bond acceptors (Lipinski definition) is 3. The van der Waals surface area contributed by atoms with Gasteiger partial charge in [0.05, 0.1) is 0 Å². The fourth-order valence-electron chi connectivity index (χ4n) is 2.38. The highest BCUT2D eigenvalue weighted by Crippen LogP contribution is 2.18. The third-order valence-corrected chi connectivity index (χ3v) is 3.37. The molecule has 102 valence electrons. The number of nitrogens with zero attached hydrogens (tertiary/aromatic N) is 2. The summed E-state index contributed by atoms with van der Waals surface area (Å²) in [6, 6.07) is 3.67. The van der Waals surface area contributed by atoms with Gasteiger partial charge in [-0.1, -0.05) is 13.0 Å². The molecule has 2 rings (SSSR count). The molecule has 1 amide bonds. The molecule has 19 heavy (non-hydrogen) atoms. The first-order valence-corrected chi connectivity index (χ1v) is 6.81. The predicted octanol–water partition coefficient (Wildman–Crippen LogP) is 2.55. The molecule has 1 unspecified atom stereocenters. The summed E-state index contributed by atoms with van der Waals surface area (Å²) in [5, 5.41) is 3.17. The molecule has 2 heterocycles. The molecule has 1 fully saturated rings. The maximum atomic E-state index is 12.4. The number of rotatable bonds is 4. The Kier molecular flexibility index (Phi) is 4.55. The fourth-order valence-corrected chi connectivity index (χ4v) is 2.38. The van der Waals surface area contributed by atoms with Gasteiger partial charge in [0.25, 0.3) is 5.91 Å². The van der Waals surface area contributed by atoms with Gasteiger partial charge >= 0.3 is 0 Å². The van der Waals surface area contributed by atoms with Crippen molar-refractivity contribution in [3.05, 3.63) is 36.7 Å². The molecule has 1 aliphatic rings. The SMILES string of the molecule is C=CCNc1ccnc(C(=O)N2CCCC(C)C2)c1. The highest BCUT2D eigenvalue weighted by molar-refractivity contribution is 5.93. The predicted molar refractivity (Wildman–Crippen MR) is 77.2 cm³/mol. The molecule has 0 bridgehead atoms. The molecule has 0 aromatic carbocycles. The zero-order valence-electron chi connectivity index (χ0n) is 11.4. The van der Waals surface area contributed by atoms with Gasteiger partial charge in [-0.25, -0.2) is 0 Å². The summed E-state index contributed by atoms with van der Waals surface area (Å²) in [4.78, 5) is 18.5. The minimum atomic E-state index is 0.0359. The molecule has 1 atom stereocenters. The minimum Gasteiger partial charge on any atom is -0.381 e. The first-order chi connectivity index (χ1) is 9.20. The van der Waals surface area contributed by atoms with Crippen LogP contribution in [-0.2, 0) is 0 Å². The average molecular weight is 259 g/mol. The van der Waals surface area contributed by atoms with Crippen molar-refractivity contribution >= 4 is 11.6 Å². The van der Waals surface area contributed by atoms with Gasteiger partial charge in [-0.3, -0.25) is 9.78 Å². The van der Waals surface area contributed by atoms with Crippen LogP contribution < -0.4 is 5.32 Å². The van der Waals surface area contributed by atoms with E-state index in [4.69, 9.17) is 0 Å². The Bertz CT molecular complexity index is 458. The van der Waals surface area contributed by atoms with Crippen LogP contribution in [0.25, 0.3) is 0 Å². The highest BCUT2D eigenvalue weighted by Gasteiger charge is 2.22. The summed E-state index contributed by atoms with van der Waals surface area (Å²) in [6.07, 6.45) is 5.75. The molecule has 1 N–H and O–H groups in total. The van der Waals surface area contributed by atoms with E-state index in [9.17, 15) is 4.79 Å². The van der Waals surface area contributed by atoms with Crippen molar-refractivity contribution in [1.82, 2.24) is 9.88 Å². The molecule has 0 aliphatic carbocycles. The number of amides is 1. The van der Waals surface area contributed by atoms with Gasteiger partial charge in [-0.05, 0) is 30.9 Å². The van der Waals surface area contributed by atoms with Crippen molar-refractivity contribution in [2.24, 2.45) is 5.92 Å². The second kappa shape index (κ2) is 6.36. The number of nitrogens with one attached hydrogen (secondary N) is 1. The second-order valence-corrected chi connectivity index (χ2v) is 5.10. The van der Waals surface area contributed by atoms with E-state index in [1.165, 1.54) is 6.42 Å². The van der Waals surface area contributed by atoms with E-state index in [1.54, 1.807) is 12.3 Å². The lowest BCUT2D eigenvalue weighted by atomic mass is 10.00. The molecule has 4 nitrogen and oxygen atoms in total. The van der Waals surface area contributed by atoms with E-state index in [0.29, 0.717) is 18.2 Å². The fraction of sp³-hybridized carbons (Fsp3) is 0.467. The number of carbonyl (C=O) groups excluding carboxylic acids is 1. The highest BCUT2D eigenvalue weighted by atomic mass is 16.2. The lowest BCUT2D eigenvalue weighted by Gasteiger charge is -2.30. The summed E-state index contributed by atoms with van der Waals surface area (Å²) >= 11 is 0. The standard InChI is InChI=1S/C15H21N3O/c1-3-7-16-13-6-8-17-14(10-13)15(19)18-9-4-5-12(2)11-18/h3,6,8,10,12H,1,4-5,7,9,11H2,2H3,(H,16,17). The van der Waals surface area contributed by atoms with Gasteiger partial charge < -0.3 is 10.2 Å². The summed E-state index contributed by atoms with van der Waals surface area (Å²) in [7, 11) is 0. The molecule has 0 spiro atoms. The first kappa shape index (κ1) is 13.6. The van der Waals surface area contributed by atoms with Crippen LogP contribution in [0, 0.1) is 5.92 Å². The van der Waals surface area contributed by atoms with Crippen molar-refractivity contribution in [3.8, 4) is 0 Å². The van der Waals surface area contributed by atoms with E-state index in [-0.39, 0.29) is 5.91 Å². The molecule has 1 aromatic heterocycles. The Hall–Kier alpha value is -1.84. The summed E-state index contributed by atoms with van der Waals surface area (Å²) < 4.78 is 0. The zero-order chi connectivity index (χ0) is 13.7. The number of hydrogen-bond donors (Lipinski definition) is 1. The number of likely N-dealkylation sites (tertiary alicyclic amines) is 1. The Morgan fingerprint density at radius 3 is 3.26 bits per heavy atom. The van der Waals surface area contributed by atoms with Crippen LogP contribution in [0.15, 0.2) is 31.0 Å². The molecule has 0 radical (unpaired) electrons. The monoisotopic (exact) mass is 259 g/mol. The molecule has 1 aromatic rings. The van der Waals surface area contributed by atoms with Crippen LogP contribution in [0.1, 0.15) is 30.3 Å². The number of carbonyl (C=O) groups is 1. The Balaban J connectivity index is 2.07. The van der Waals surface area contributed by atoms with Gasteiger partial charge in [-0.15, -0.1) is 6.58 Å². The van der Waals surface area contributed by atoms with Gasteiger partial charge in [-0.2, -0.15) is 0 Å². The maximum absolute atomic E-state index is 12.4. The summed E-state index contributed by atoms with van der Waals surface area (Å²) in [6.45, 7) is 8.21. The third kappa shape index (κ3) is 3.56. The summed E-state index contributed by atoms with van der Waals surface area (Å²) in [5.74, 6) is 0.619. The van der Waals surface area contributed by atoms with E-state index in [1.807, 2.05) is 17.0 Å². The lowest BCUT2D eigenvalue weighted by molar-refractivity contribution is 0.0677. The second-order valence-electron chi connectivity index (χ2n) is 5.10. The van der Waals surface area contributed by atoms with E-state index < -0.39 is 0 Å². The molecular formula is C15H21N3O. The molecule has 1 aliphatic heterocycles. The van der Waals surface area contributed by atoms with Gasteiger partial charge in [0, 0.05) is 31.5 Å². The largest absolute Gasteiger partial charge is 0.381 e. The van der Waals surface area contributed by atoms with Crippen LogP contribution in [0.3, 0.4) is 0 Å². The molecule has 0 saturated carbocycles. The van der Waals surface area contributed by atoms with Crippen LogP contribution in [0.2, 0.25) is 0 Å². The van der Waals surface area contributed by atoms with E-state index in [0.717, 1.165) is 25.2 Å². The number of pyridine rings is 1. The maximum Gasteiger partial charge on any atom is 0.272 e. The molecular weight excluding hydrogens is 238 g/mol. The Morgan fingerprint density at radius 1 is 1.68 bits per heavy atom. The molecule has 4 heteroatoms. The first-order valence-electron chi connectivity index (χ1n) is 6.81. The van der Waals surface area contributed by atoms with E-state index >= 15 is 0 Å². The van der Waals surface area contributed by atoms with Crippen molar-refractivity contribution < 1.29 is 4.79 Å². The topological polar surface area (TPSA) is 45.2 Å². The number of anilines is 1. The zero-order valence-corrected chi connectivity index (χ0v) is 11.4. The Morgan fingerprint density at radius 2 is 2.53 bits per heavy atom. The average Bonchev–Trinajstić information content (AvgIpc) is 2.44. The third-order valence-electron chi connectivity index (χ3n) is 3.37. The van der Waals surface area contributed by atoms with Crippen LogP contribution in [0.4, 0.5) is 5.69 Å². The Labute approximate surface area is 114 Å². The smallest absolute Gasteiger partial charge is 0.272 e. The van der Waals surface area contributed by atoms with Crippen LogP contribution in [0.5, 0.6) is 0 Å². The number of aromatic nitrogens is 1. The van der Waals surface area contributed by atoms with Crippen molar-refractivity contribution in [3.63, 3.8) is 0 Å². The van der Waals surface area contributed by atoms with Gasteiger partial charge in [0.15, 0.2) is 0 Å². The minimum absolute atomic E-state index is 0.0359. The molecule has 1 saturated heterocycles. The van der Waals surface area contributed by atoms with E-state index in [2.05, 4.69) is 23.8 Å². The quantitative estimate of drug-likeness (QED) is 0.845. The van der Waals surface area contributed by atoms with Crippen LogP contribution >= 0.6 is 0 Å². The number of piperidine rings is 1. The van der Waals surface area contributed by atoms with Crippen molar-refractivity contribution in [2.75, 3.05) is 25.0 Å². The lowest BCUT2D eigenvalue weighted by Crippen LogP contribution is -2.39. The van der Waals surface area contributed by atoms with Crippen molar-refractivity contribution in [2.45, 2.75) is 19.8 Å². The van der Waals surface area contributed by atoms with Crippen LogP contribution in [-0.4, -0.2) is 35.4 Å². The normalized spacial score (nSPS) is 19.0. The van der Waals surface area contributed by atoms with Gasteiger partial charge in [0.1, 0.15) is 5.69 Å². The van der Waals surface area contributed by atoms with Crippen molar-refractivity contribution in [1.29, 1.82) is 0 Å². The summed E-state index contributed by atoms with van der Waals surface area (Å²) in [5.41, 5.74) is 1.42.